The van der Waals surface area contributed by atoms with E-state index in [9.17, 15) is 23.1 Å². The molecule has 3 rings (SSSR count). The van der Waals surface area contributed by atoms with Crippen LogP contribution in [-0.4, -0.2) is 42.1 Å². The molecule has 0 saturated heterocycles. The molecule has 4 N–H and O–H groups in total. The zero-order valence-electron chi connectivity index (χ0n) is 14.7. The molecule has 2 aromatic carbocycles. The van der Waals surface area contributed by atoms with Crippen molar-refractivity contribution in [2.75, 3.05) is 24.7 Å². The molecular weight excluding hydrogens is 377 g/mol. The second kappa shape index (κ2) is 7.78. The van der Waals surface area contributed by atoms with Gasteiger partial charge in [0.2, 0.25) is 5.91 Å². The molecule has 1 amide bonds. The Balaban J connectivity index is 2.26. The monoisotopic (exact) mass is 396 g/mol. The molecule has 2 aromatic rings. The Morgan fingerprint density at radius 3 is 2.46 bits per heavy atom. The number of aliphatic hydroxyl groups excluding tert-OH is 2. The Kier molecular flexibility index (Phi) is 5.59. The quantitative estimate of drug-likeness (QED) is 0.615. The largest absolute Gasteiger partial charge is 0.396 e. The third-order valence-corrected chi connectivity index (χ3v) is 4.64. The molecule has 1 aliphatic rings. The number of aliphatic hydroxyl groups is 2. The second-order valence-corrected chi connectivity index (χ2v) is 6.39. The van der Waals surface area contributed by atoms with Crippen LogP contribution in [0.25, 0.3) is 0 Å². The van der Waals surface area contributed by atoms with Gasteiger partial charge in [-0.2, -0.15) is 0 Å². The van der Waals surface area contributed by atoms with Crippen molar-refractivity contribution in [3.8, 4) is 0 Å². The number of primary amides is 1. The molecule has 0 aromatic heterocycles. The van der Waals surface area contributed by atoms with Crippen molar-refractivity contribution in [2.24, 2.45) is 5.73 Å². The molecule has 1 unspecified atom stereocenters. The van der Waals surface area contributed by atoms with E-state index in [1.807, 2.05) is 0 Å². The number of amides is 1. The third kappa shape index (κ3) is 3.21. The topological polar surface area (TPSA) is 96.0 Å². The first-order chi connectivity index (χ1) is 13.3. The highest BCUT2D eigenvalue weighted by molar-refractivity contribution is 5.82. The number of benzene rings is 2. The Morgan fingerprint density at radius 2 is 1.86 bits per heavy atom. The van der Waals surface area contributed by atoms with Crippen molar-refractivity contribution in [2.45, 2.75) is 18.2 Å². The van der Waals surface area contributed by atoms with Gasteiger partial charge in [-0.15, -0.1) is 0 Å². The number of anilines is 1. The maximum absolute atomic E-state index is 14.9. The predicted octanol–water partition coefficient (Wildman–Crippen LogP) is 1.37. The standard InChI is InChI=1S/C19H19F3N2O4/c20-12-4-2-11(3-5-12)19(28-9-1-8-25)16-14(7-6-13(21)17(16)22)24(18(19)27)10-15(23)26/h2-7,18,25,27H,1,8-10H2,(H2,23,26)/t18?,19-/m0/s1. The fourth-order valence-electron chi connectivity index (χ4n) is 3.47. The van der Waals surface area contributed by atoms with Crippen LogP contribution in [0.3, 0.4) is 0 Å². The van der Waals surface area contributed by atoms with Gasteiger partial charge in [-0.1, -0.05) is 12.1 Å². The van der Waals surface area contributed by atoms with Crippen molar-refractivity contribution in [3.05, 3.63) is 65.0 Å². The zero-order valence-corrected chi connectivity index (χ0v) is 14.7. The summed E-state index contributed by atoms with van der Waals surface area (Å²) in [5.74, 6) is -3.82. The van der Waals surface area contributed by atoms with Gasteiger partial charge >= 0.3 is 0 Å². The van der Waals surface area contributed by atoms with Crippen LogP contribution in [0.15, 0.2) is 36.4 Å². The number of nitrogens with zero attached hydrogens (tertiary/aromatic N) is 1. The molecule has 2 atom stereocenters. The zero-order chi connectivity index (χ0) is 20.5. The van der Waals surface area contributed by atoms with Gasteiger partial charge in [0.25, 0.3) is 0 Å². The first-order valence-corrected chi connectivity index (χ1v) is 8.55. The lowest BCUT2D eigenvalue weighted by molar-refractivity contribution is -0.119. The lowest BCUT2D eigenvalue weighted by atomic mass is 9.85. The van der Waals surface area contributed by atoms with Crippen molar-refractivity contribution in [1.29, 1.82) is 0 Å². The molecule has 6 nitrogen and oxygen atoms in total. The highest BCUT2D eigenvalue weighted by atomic mass is 19.2. The van der Waals surface area contributed by atoms with E-state index in [1.54, 1.807) is 0 Å². The van der Waals surface area contributed by atoms with Gasteiger partial charge in [-0.25, -0.2) is 13.2 Å². The van der Waals surface area contributed by atoms with Crippen molar-refractivity contribution in [3.63, 3.8) is 0 Å². The van der Waals surface area contributed by atoms with Crippen LogP contribution in [0.1, 0.15) is 17.5 Å². The number of nitrogens with two attached hydrogens (primary N) is 1. The third-order valence-electron chi connectivity index (χ3n) is 4.64. The number of rotatable bonds is 7. The number of halogens is 3. The van der Waals surface area contributed by atoms with E-state index < -0.39 is 41.7 Å². The fraction of sp³-hybridized carbons (Fsp3) is 0.316. The number of ether oxygens (including phenoxy) is 1. The highest BCUT2D eigenvalue weighted by Gasteiger charge is 2.55. The molecule has 150 valence electrons. The summed E-state index contributed by atoms with van der Waals surface area (Å²) in [4.78, 5) is 12.6. The van der Waals surface area contributed by atoms with E-state index in [0.29, 0.717) is 0 Å². The Hall–Kier alpha value is -2.62. The van der Waals surface area contributed by atoms with E-state index in [4.69, 9.17) is 15.6 Å². The first-order valence-electron chi connectivity index (χ1n) is 8.55. The summed E-state index contributed by atoms with van der Waals surface area (Å²) >= 11 is 0. The minimum absolute atomic E-state index is 0.0264. The number of fused-ring (bicyclic) bond motifs is 1. The SMILES string of the molecule is NC(=O)CN1c2ccc(F)c(F)c2[C@@](OCCCO)(c2ccc(F)cc2)C1O. The summed E-state index contributed by atoms with van der Waals surface area (Å²) in [5.41, 5.74) is 3.14. The van der Waals surface area contributed by atoms with E-state index in [0.717, 1.165) is 23.1 Å². The minimum Gasteiger partial charge on any atom is -0.396 e. The van der Waals surface area contributed by atoms with Crippen LogP contribution < -0.4 is 10.6 Å². The van der Waals surface area contributed by atoms with E-state index >= 15 is 0 Å². The molecule has 0 radical (unpaired) electrons. The van der Waals surface area contributed by atoms with Crippen molar-refractivity contribution >= 4 is 11.6 Å². The van der Waals surface area contributed by atoms with Gasteiger partial charge in [0.05, 0.1) is 18.7 Å². The smallest absolute Gasteiger partial charge is 0.237 e. The first kappa shape index (κ1) is 20.1. The van der Waals surface area contributed by atoms with Crippen LogP contribution in [-0.2, 0) is 15.1 Å². The second-order valence-electron chi connectivity index (χ2n) is 6.39. The number of carbonyl (C=O) groups is 1. The summed E-state index contributed by atoms with van der Waals surface area (Å²) in [7, 11) is 0. The number of carbonyl (C=O) groups excluding carboxylic acids is 1. The normalized spacial score (nSPS) is 21.0. The van der Waals surface area contributed by atoms with Gasteiger partial charge in [0.15, 0.2) is 23.5 Å². The van der Waals surface area contributed by atoms with Crippen LogP contribution in [0.2, 0.25) is 0 Å². The summed E-state index contributed by atoms with van der Waals surface area (Å²) in [5, 5.41) is 20.1. The number of hydrogen-bond acceptors (Lipinski definition) is 5. The molecule has 1 aliphatic heterocycles. The molecule has 0 saturated carbocycles. The highest BCUT2D eigenvalue weighted by Crippen LogP contribution is 2.51. The van der Waals surface area contributed by atoms with Gasteiger partial charge in [-0.05, 0) is 36.2 Å². The summed E-state index contributed by atoms with van der Waals surface area (Å²) in [6.45, 7) is -0.838. The van der Waals surface area contributed by atoms with Crippen molar-refractivity contribution < 1.29 is 32.9 Å². The van der Waals surface area contributed by atoms with Gasteiger partial charge in [0.1, 0.15) is 5.82 Å². The molecule has 0 spiro atoms. The Labute approximate surface area is 158 Å². The summed E-state index contributed by atoms with van der Waals surface area (Å²) < 4.78 is 48.3. The average Bonchev–Trinajstić information content (AvgIpc) is 2.89. The van der Waals surface area contributed by atoms with Gasteiger partial charge in [-0.3, -0.25) is 4.79 Å². The molecule has 0 aliphatic carbocycles. The van der Waals surface area contributed by atoms with E-state index in [-0.39, 0.29) is 36.4 Å². The molecule has 9 heteroatoms. The molecule has 0 fully saturated rings. The Bertz CT molecular complexity index is 878. The Morgan fingerprint density at radius 1 is 1.18 bits per heavy atom. The lowest BCUT2D eigenvalue weighted by Crippen LogP contribution is -2.50. The molecular formula is C19H19F3N2O4. The van der Waals surface area contributed by atoms with Crippen molar-refractivity contribution in [1.82, 2.24) is 0 Å². The van der Waals surface area contributed by atoms with Crippen LogP contribution in [0.5, 0.6) is 0 Å². The molecule has 1 heterocycles. The molecule has 28 heavy (non-hydrogen) atoms. The van der Waals surface area contributed by atoms with Gasteiger partial charge in [0, 0.05) is 12.3 Å². The minimum atomic E-state index is -1.96. The maximum Gasteiger partial charge on any atom is 0.237 e. The lowest BCUT2D eigenvalue weighted by Gasteiger charge is -2.36. The van der Waals surface area contributed by atoms with Crippen LogP contribution in [0, 0.1) is 17.5 Å². The van der Waals surface area contributed by atoms with E-state index in [1.165, 1.54) is 18.2 Å². The van der Waals surface area contributed by atoms with E-state index in [2.05, 4.69) is 0 Å². The maximum atomic E-state index is 14.9. The van der Waals surface area contributed by atoms with Gasteiger partial charge < -0.3 is 25.6 Å². The van der Waals surface area contributed by atoms with Crippen LogP contribution >= 0.6 is 0 Å². The number of hydrogen-bond donors (Lipinski definition) is 3. The predicted molar refractivity (Wildman–Crippen MR) is 93.7 cm³/mol. The summed E-state index contributed by atoms with van der Waals surface area (Å²) in [6, 6.07) is 6.81. The summed E-state index contributed by atoms with van der Waals surface area (Å²) in [6.07, 6.45) is -1.51. The van der Waals surface area contributed by atoms with Crippen LogP contribution in [0.4, 0.5) is 18.9 Å². The average molecular weight is 396 g/mol. The fourth-order valence-corrected chi connectivity index (χ4v) is 3.47. The molecule has 0 bridgehead atoms.